The summed E-state index contributed by atoms with van der Waals surface area (Å²) in [5.41, 5.74) is 0.658. The van der Waals surface area contributed by atoms with Gasteiger partial charge in [0, 0.05) is 31.9 Å². The van der Waals surface area contributed by atoms with Crippen LogP contribution >= 0.6 is 0 Å². The van der Waals surface area contributed by atoms with Crippen LogP contribution in [0.4, 0.5) is 18.9 Å². The minimum absolute atomic E-state index is 0.0823. The first-order chi connectivity index (χ1) is 13.8. The van der Waals surface area contributed by atoms with Crippen molar-refractivity contribution < 1.29 is 22.7 Å². The zero-order valence-corrected chi connectivity index (χ0v) is 16.6. The first-order valence-corrected chi connectivity index (χ1v) is 9.68. The number of halogens is 3. The second kappa shape index (κ2) is 8.76. The van der Waals surface area contributed by atoms with Gasteiger partial charge >= 0.3 is 6.18 Å². The molecule has 0 radical (unpaired) electrons. The molecule has 0 aromatic heterocycles. The van der Waals surface area contributed by atoms with Gasteiger partial charge in [0.1, 0.15) is 5.75 Å². The van der Waals surface area contributed by atoms with Crippen LogP contribution in [-0.4, -0.2) is 43.6 Å². The van der Waals surface area contributed by atoms with Gasteiger partial charge in [0.25, 0.3) is 5.91 Å². The van der Waals surface area contributed by atoms with Gasteiger partial charge in [-0.15, -0.1) is 0 Å². The molecule has 0 bridgehead atoms. The highest BCUT2D eigenvalue weighted by Crippen LogP contribution is 2.37. The van der Waals surface area contributed by atoms with Crippen LogP contribution in [0.2, 0.25) is 0 Å². The molecule has 1 aliphatic heterocycles. The van der Waals surface area contributed by atoms with Crippen LogP contribution in [0.15, 0.2) is 48.5 Å². The fourth-order valence-electron chi connectivity index (χ4n) is 3.56. The third kappa shape index (κ3) is 5.02. The Labute approximate surface area is 168 Å². The van der Waals surface area contributed by atoms with Gasteiger partial charge in [0.2, 0.25) is 0 Å². The standard InChI is InChI=1S/C22H25F3N2O2/c1-3-16-8-10-18(11-9-16)29-15-21(28)27-13-12-17(14-27)26(2)20-7-5-4-6-19(20)22(23,24)25/h4-11,17H,3,12-15H2,1-2H3. The van der Waals surface area contributed by atoms with Gasteiger partial charge in [-0.2, -0.15) is 13.2 Å². The average molecular weight is 406 g/mol. The molecule has 1 amide bonds. The lowest BCUT2D eigenvalue weighted by Gasteiger charge is -2.29. The predicted molar refractivity (Wildman–Crippen MR) is 106 cm³/mol. The highest BCUT2D eigenvalue weighted by molar-refractivity contribution is 5.78. The Hall–Kier alpha value is -2.70. The number of anilines is 1. The van der Waals surface area contributed by atoms with Crippen molar-refractivity contribution in [3.05, 3.63) is 59.7 Å². The van der Waals surface area contributed by atoms with Gasteiger partial charge in [-0.3, -0.25) is 4.79 Å². The van der Waals surface area contributed by atoms with E-state index in [9.17, 15) is 18.0 Å². The molecule has 2 aromatic carbocycles. The van der Waals surface area contributed by atoms with E-state index in [0.29, 0.717) is 25.3 Å². The SMILES string of the molecule is CCc1ccc(OCC(=O)N2CCC(N(C)c3ccccc3C(F)(F)F)C2)cc1. The summed E-state index contributed by atoms with van der Waals surface area (Å²) in [4.78, 5) is 15.8. The quantitative estimate of drug-likeness (QED) is 0.714. The maximum Gasteiger partial charge on any atom is 0.418 e. The molecule has 1 atom stereocenters. The molecule has 1 unspecified atom stereocenters. The number of hydrogen-bond acceptors (Lipinski definition) is 3. The second-order valence-corrected chi connectivity index (χ2v) is 7.19. The number of para-hydroxylation sites is 1. The molecule has 29 heavy (non-hydrogen) atoms. The summed E-state index contributed by atoms with van der Waals surface area (Å²) in [6, 6.07) is 12.9. The van der Waals surface area contributed by atoms with Crippen molar-refractivity contribution in [3.63, 3.8) is 0 Å². The number of carbonyl (C=O) groups excluding carboxylic acids is 1. The molecule has 3 rings (SSSR count). The summed E-state index contributed by atoms with van der Waals surface area (Å²) in [6.07, 6.45) is -2.88. The number of nitrogens with zero attached hydrogens (tertiary/aromatic N) is 2. The fraction of sp³-hybridized carbons (Fsp3) is 0.409. The first kappa shape index (κ1) is 21.0. The van der Waals surface area contributed by atoms with Gasteiger partial charge in [0.05, 0.1) is 5.56 Å². The van der Waals surface area contributed by atoms with E-state index < -0.39 is 11.7 Å². The van der Waals surface area contributed by atoms with Crippen molar-refractivity contribution in [3.8, 4) is 5.75 Å². The lowest BCUT2D eigenvalue weighted by molar-refractivity contribution is -0.137. The van der Waals surface area contributed by atoms with E-state index >= 15 is 0 Å². The van der Waals surface area contributed by atoms with Crippen LogP contribution in [0.25, 0.3) is 0 Å². The second-order valence-electron chi connectivity index (χ2n) is 7.19. The first-order valence-electron chi connectivity index (χ1n) is 9.68. The molecule has 2 aromatic rings. The summed E-state index contributed by atoms with van der Waals surface area (Å²) >= 11 is 0. The molecule has 0 spiro atoms. The van der Waals surface area contributed by atoms with Crippen LogP contribution in [0.3, 0.4) is 0 Å². The zero-order chi connectivity index (χ0) is 21.0. The molecule has 4 nitrogen and oxygen atoms in total. The van der Waals surface area contributed by atoms with Crippen LogP contribution in [0.5, 0.6) is 5.75 Å². The van der Waals surface area contributed by atoms with Crippen molar-refractivity contribution in [1.29, 1.82) is 0 Å². The number of rotatable bonds is 6. The van der Waals surface area contributed by atoms with Crippen LogP contribution in [0.1, 0.15) is 24.5 Å². The Bertz CT molecular complexity index is 837. The maximum atomic E-state index is 13.3. The number of aryl methyl sites for hydroxylation is 1. The fourth-order valence-corrected chi connectivity index (χ4v) is 3.56. The lowest BCUT2D eigenvalue weighted by atomic mass is 10.1. The molecule has 0 aliphatic carbocycles. The Morgan fingerprint density at radius 1 is 1.17 bits per heavy atom. The number of benzene rings is 2. The van der Waals surface area contributed by atoms with Crippen molar-refractivity contribution >= 4 is 11.6 Å². The molecule has 1 aliphatic rings. The van der Waals surface area contributed by atoms with Gasteiger partial charge in [0.15, 0.2) is 6.61 Å². The predicted octanol–water partition coefficient (Wildman–Crippen LogP) is 4.38. The highest BCUT2D eigenvalue weighted by Gasteiger charge is 2.36. The van der Waals surface area contributed by atoms with Crippen molar-refractivity contribution in [1.82, 2.24) is 4.90 Å². The summed E-state index contributed by atoms with van der Waals surface area (Å²) < 4.78 is 45.5. The van der Waals surface area contributed by atoms with Crippen LogP contribution in [-0.2, 0) is 17.4 Å². The normalized spacial score (nSPS) is 16.7. The maximum absolute atomic E-state index is 13.3. The molecule has 1 heterocycles. The van der Waals surface area contributed by atoms with Gasteiger partial charge in [-0.05, 0) is 42.7 Å². The number of likely N-dealkylation sites (N-methyl/N-ethyl adjacent to an activating group) is 1. The summed E-state index contributed by atoms with van der Waals surface area (Å²) in [6.45, 7) is 2.86. The molecule has 7 heteroatoms. The third-order valence-corrected chi connectivity index (χ3v) is 5.35. The Kier molecular flexibility index (Phi) is 6.35. The zero-order valence-electron chi connectivity index (χ0n) is 16.6. The number of carbonyl (C=O) groups is 1. The minimum atomic E-state index is -4.42. The van der Waals surface area contributed by atoms with Gasteiger partial charge in [-0.1, -0.05) is 31.2 Å². The number of likely N-dealkylation sites (tertiary alicyclic amines) is 1. The van der Waals surface area contributed by atoms with E-state index in [1.807, 2.05) is 24.3 Å². The molecule has 1 saturated heterocycles. The van der Waals surface area contributed by atoms with E-state index in [0.717, 1.165) is 12.5 Å². The third-order valence-electron chi connectivity index (χ3n) is 5.35. The van der Waals surface area contributed by atoms with E-state index in [1.165, 1.54) is 17.7 Å². The van der Waals surface area contributed by atoms with Crippen molar-refractivity contribution in [2.45, 2.75) is 32.0 Å². The van der Waals surface area contributed by atoms with Crippen molar-refractivity contribution in [2.24, 2.45) is 0 Å². The van der Waals surface area contributed by atoms with Crippen LogP contribution in [0, 0.1) is 0 Å². The number of alkyl halides is 3. The molecule has 0 N–H and O–H groups in total. The van der Waals surface area contributed by atoms with Gasteiger partial charge in [-0.25, -0.2) is 0 Å². The summed E-state index contributed by atoms with van der Waals surface area (Å²) in [5, 5.41) is 0. The lowest BCUT2D eigenvalue weighted by Crippen LogP contribution is -2.38. The van der Waals surface area contributed by atoms with Crippen LogP contribution < -0.4 is 9.64 Å². The molecule has 156 valence electrons. The summed E-state index contributed by atoms with van der Waals surface area (Å²) in [5.74, 6) is 0.465. The Morgan fingerprint density at radius 3 is 2.52 bits per heavy atom. The molecule has 1 fully saturated rings. The summed E-state index contributed by atoms with van der Waals surface area (Å²) in [7, 11) is 1.65. The topological polar surface area (TPSA) is 32.8 Å². The van der Waals surface area contributed by atoms with Crippen molar-refractivity contribution in [2.75, 3.05) is 31.6 Å². The Morgan fingerprint density at radius 2 is 1.86 bits per heavy atom. The van der Waals surface area contributed by atoms with E-state index in [-0.39, 0.29) is 24.2 Å². The molecular weight excluding hydrogens is 381 g/mol. The van der Waals surface area contributed by atoms with E-state index in [1.54, 1.807) is 22.9 Å². The van der Waals surface area contributed by atoms with E-state index in [2.05, 4.69) is 6.92 Å². The number of amides is 1. The monoisotopic (exact) mass is 406 g/mol. The minimum Gasteiger partial charge on any atom is -0.484 e. The number of hydrogen-bond donors (Lipinski definition) is 0. The van der Waals surface area contributed by atoms with E-state index in [4.69, 9.17) is 4.74 Å². The molecule has 0 saturated carbocycles. The molecular formula is C22H25F3N2O2. The number of ether oxygens (including phenoxy) is 1. The van der Waals surface area contributed by atoms with Gasteiger partial charge < -0.3 is 14.5 Å². The Balaban J connectivity index is 1.58. The largest absolute Gasteiger partial charge is 0.484 e. The average Bonchev–Trinajstić information content (AvgIpc) is 3.21. The smallest absolute Gasteiger partial charge is 0.418 e. The highest BCUT2D eigenvalue weighted by atomic mass is 19.4.